The number of hydrogen-bond donors (Lipinski definition) is 2. The maximum atomic E-state index is 4.70. The number of pyridine rings is 1. The minimum absolute atomic E-state index is 0.813. The van der Waals surface area contributed by atoms with Gasteiger partial charge in [0.05, 0.1) is 11.7 Å². The number of rotatable bonds is 5. The highest BCUT2D eigenvalue weighted by molar-refractivity contribution is 5.84. The number of aromatic nitrogens is 3. The molecule has 0 saturated heterocycles. The topological polar surface area (TPSA) is 53.6 Å². The molecule has 0 bridgehead atoms. The van der Waals surface area contributed by atoms with E-state index >= 15 is 0 Å². The van der Waals surface area contributed by atoms with Crippen LogP contribution in [0, 0.1) is 6.92 Å². The zero-order chi connectivity index (χ0) is 14.7. The van der Waals surface area contributed by atoms with Gasteiger partial charge in [-0.05, 0) is 37.6 Å². The van der Waals surface area contributed by atoms with Gasteiger partial charge in [-0.25, -0.2) is 9.97 Å². The van der Waals surface area contributed by atoms with Gasteiger partial charge in [0.1, 0.15) is 5.69 Å². The van der Waals surface area contributed by atoms with Crippen molar-refractivity contribution in [2.24, 2.45) is 0 Å². The molecule has 0 aliphatic rings. The van der Waals surface area contributed by atoms with E-state index in [4.69, 9.17) is 4.98 Å². The predicted molar refractivity (Wildman–Crippen MR) is 86.1 cm³/mol. The lowest BCUT2D eigenvalue weighted by Gasteiger charge is -2.04. The van der Waals surface area contributed by atoms with Crippen molar-refractivity contribution in [3.8, 4) is 11.5 Å². The van der Waals surface area contributed by atoms with Gasteiger partial charge in [-0.3, -0.25) is 0 Å². The van der Waals surface area contributed by atoms with Crippen LogP contribution in [-0.4, -0.2) is 21.5 Å². The van der Waals surface area contributed by atoms with Crippen LogP contribution in [0.3, 0.4) is 0 Å². The third-order valence-electron chi connectivity index (χ3n) is 3.54. The number of H-pyrrole nitrogens is 1. The monoisotopic (exact) mass is 280 g/mol. The Bertz CT molecular complexity index is 745. The van der Waals surface area contributed by atoms with Crippen molar-refractivity contribution in [2.75, 3.05) is 6.54 Å². The number of benzene rings is 1. The summed E-state index contributed by atoms with van der Waals surface area (Å²) in [7, 11) is 0. The van der Waals surface area contributed by atoms with E-state index in [0.717, 1.165) is 42.2 Å². The van der Waals surface area contributed by atoms with Crippen LogP contribution in [0.15, 0.2) is 36.5 Å². The summed E-state index contributed by atoms with van der Waals surface area (Å²) >= 11 is 0. The van der Waals surface area contributed by atoms with Gasteiger partial charge in [0.15, 0.2) is 5.82 Å². The van der Waals surface area contributed by atoms with Crippen molar-refractivity contribution < 1.29 is 0 Å². The maximum Gasteiger partial charge on any atom is 0.156 e. The van der Waals surface area contributed by atoms with Crippen LogP contribution >= 0.6 is 0 Å². The van der Waals surface area contributed by atoms with E-state index < -0.39 is 0 Å². The Morgan fingerprint density at radius 1 is 1.24 bits per heavy atom. The Labute approximate surface area is 124 Å². The zero-order valence-corrected chi connectivity index (χ0v) is 12.5. The molecule has 3 aromatic rings. The SMILES string of the molecule is CCCNCc1cnc(-c2cc(C)c3ccccc3n2)[nH]1. The number of imidazole rings is 1. The van der Waals surface area contributed by atoms with Crippen LogP contribution in [0.25, 0.3) is 22.4 Å². The molecule has 2 N–H and O–H groups in total. The summed E-state index contributed by atoms with van der Waals surface area (Å²) < 4.78 is 0. The first-order chi connectivity index (χ1) is 10.3. The fourth-order valence-electron chi connectivity index (χ4n) is 2.45. The highest BCUT2D eigenvalue weighted by Gasteiger charge is 2.08. The lowest BCUT2D eigenvalue weighted by molar-refractivity contribution is 0.666. The average Bonchev–Trinajstić information content (AvgIpc) is 2.96. The molecule has 0 amide bonds. The molecule has 0 radical (unpaired) electrons. The Kier molecular flexibility index (Phi) is 3.97. The molecule has 0 fully saturated rings. The normalized spacial score (nSPS) is 11.1. The van der Waals surface area contributed by atoms with Crippen molar-refractivity contribution in [1.82, 2.24) is 20.3 Å². The van der Waals surface area contributed by atoms with Gasteiger partial charge in [-0.2, -0.15) is 0 Å². The second-order valence-electron chi connectivity index (χ2n) is 5.28. The van der Waals surface area contributed by atoms with Gasteiger partial charge in [-0.1, -0.05) is 25.1 Å². The van der Waals surface area contributed by atoms with Crippen molar-refractivity contribution in [3.63, 3.8) is 0 Å². The molecule has 0 aliphatic carbocycles. The lowest BCUT2D eigenvalue weighted by Crippen LogP contribution is -2.13. The van der Waals surface area contributed by atoms with E-state index in [1.54, 1.807) is 0 Å². The number of para-hydroxylation sites is 1. The number of nitrogens with one attached hydrogen (secondary N) is 2. The average molecular weight is 280 g/mol. The number of aryl methyl sites for hydroxylation is 1. The van der Waals surface area contributed by atoms with Gasteiger partial charge in [0, 0.05) is 17.6 Å². The summed E-state index contributed by atoms with van der Waals surface area (Å²) in [6, 6.07) is 10.3. The molecule has 0 unspecified atom stereocenters. The van der Waals surface area contributed by atoms with Gasteiger partial charge >= 0.3 is 0 Å². The maximum absolute atomic E-state index is 4.70. The first-order valence-corrected chi connectivity index (χ1v) is 7.39. The molecular formula is C17H20N4. The molecule has 1 aromatic carbocycles. The van der Waals surface area contributed by atoms with Crippen LogP contribution in [-0.2, 0) is 6.54 Å². The third kappa shape index (κ3) is 2.95. The quantitative estimate of drug-likeness (QED) is 0.704. The second kappa shape index (κ2) is 6.06. The Morgan fingerprint density at radius 3 is 2.95 bits per heavy atom. The Balaban J connectivity index is 1.90. The highest BCUT2D eigenvalue weighted by Crippen LogP contribution is 2.22. The first-order valence-electron chi connectivity index (χ1n) is 7.39. The fraction of sp³-hybridized carbons (Fsp3) is 0.294. The standard InChI is InChI=1S/C17H20N4/c1-3-8-18-10-13-11-19-17(20-13)16-9-12(2)14-6-4-5-7-15(14)21-16/h4-7,9,11,18H,3,8,10H2,1-2H3,(H,19,20). The van der Waals surface area contributed by atoms with Gasteiger partial charge in [-0.15, -0.1) is 0 Å². The van der Waals surface area contributed by atoms with E-state index in [9.17, 15) is 0 Å². The van der Waals surface area contributed by atoms with Crippen LogP contribution in [0.4, 0.5) is 0 Å². The van der Waals surface area contributed by atoms with E-state index in [1.165, 1.54) is 10.9 Å². The molecule has 4 nitrogen and oxygen atoms in total. The number of nitrogens with zero attached hydrogens (tertiary/aromatic N) is 2. The molecule has 0 aliphatic heterocycles. The summed E-state index contributed by atoms with van der Waals surface area (Å²) in [6.45, 7) is 6.10. The Morgan fingerprint density at radius 2 is 2.10 bits per heavy atom. The third-order valence-corrected chi connectivity index (χ3v) is 3.54. The van der Waals surface area contributed by atoms with Gasteiger partial charge < -0.3 is 10.3 Å². The first kappa shape index (κ1) is 13.8. The van der Waals surface area contributed by atoms with Gasteiger partial charge in [0.2, 0.25) is 0 Å². The minimum Gasteiger partial charge on any atom is -0.339 e. The van der Waals surface area contributed by atoms with Crippen molar-refractivity contribution >= 4 is 10.9 Å². The minimum atomic E-state index is 0.813. The smallest absolute Gasteiger partial charge is 0.156 e. The summed E-state index contributed by atoms with van der Waals surface area (Å²) in [6.07, 6.45) is 3.01. The highest BCUT2D eigenvalue weighted by atomic mass is 15.0. The summed E-state index contributed by atoms with van der Waals surface area (Å²) in [5, 5.41) is 4.56. The van der Waals surface area contributed by atoms with Crippen molar-refractivity contribution in [3.05, 3.63) is 47.8 Å². The molecule has 0 spiro atoms. The van der Waals surface area contributed by atoms with E-state index in [2.05, 4.69) is 41.3 Å². The molecule has 4 heteroatoms. The van der Waals surface area contributed by atoms with Crippen LogP contribution in [0.2, 0.25) is 0 Å². The number of hydrogen-bond acceptors (Lipinski definition) is 3. The van der Waals surface area contributed by atoms with Gasteiger partial charge in [0.25, 0.3) is 0 Å². The van der Waals surface area contributed by atoms with Crippen LogP contribution < -0.4 is 5.32 Å². The van der Waals surface area contributed by atoms with Crippen LogP contribution in [0.5, 0.6) is 0 Å². The molecular weight excluding hydrogens is 260 g/mol. The van der Waals surface area contributed by atoms with Crippen molar-refractivity contribution in [2.45, 2.75) is 26.8 Å². The molecule has 0 saturated carbocycles. The fourth-order valence-corrected chi connectivity index (χ4v) is 2.45. The lowest BCUT2D eigenvalue weighted by atomic mass is 10.1. The molecule has 2 heterocycles. The van der Waals surface area contributed by atoms with Crippen molar-refractivity contribution in [1.29, 1.82) is 0 Å². The Hall–Kier alpha value is -2.20. The summed E-state index contributed by atoms with van der Waals surface area (Å²) in [5.41, 5.74) is 4.21. The summed E-state index contributed by atoms with van der Waals surface area (Å²) in [4.78, 5) is 12.5. The number of aromatic amines is 1. The largest absolute Gasteiger partial charge is 0.339 e. The zero-order valence-electron chi connectivity index (χ0n) is 12.5. The predicted octanol–water partition coefficient (Wildman–Crippen LogP) is 3.43. The molecule has 2 aromatic heterocycles. The molecule has 0 atom stereocenters. The van der Waals surface area contributed by atoms with E-state index in [1.807, 2.05) is 24.4 Å². The molecule has 21 heavy (non-hydrogen) atoms. The summed E-state index contributed by atoms with van der Waals surface area (Å²) in [5.74, 6) is 0.831. The number of fused-ring (bicyclic) bond motifs is 1. The second-order valence-corrected chi connectivity index (χ2v) is 5.28. The molecule has 108 valence electrons. The van der Waals surface area contributed by atoms with E-state index in [0.29, 0.717) is 0 Å². The van der Waals surface area contributed by atoms with Crippen LogP contribution in [0.1, 0.15) is 24.6 Å². The van der Waals surface area contributed by atoms with E-state index in [-0.39, 0.29) is 0 Å². The molecule has 3 rings (SSSR count).